The van der Waals surface area contributed by atoms with Crippen molar-refractivity contribution >= 4 is 49.4 Å². The van der Waals surface area contributed by atoms with Crippen LogP contribution in [0.5, 0.6) is 0 Å². The van der Waals surface area contributed by atoms with Gasteiger partial charge in [-0.05, 0) is 60.7 Å². The van der Waals surface area contributed by atoms with E-state index in [1.54, 1.807) is 4.90 Å². The number of likely N-dealkylation sites (N-methyl/N-ethyl adjacent to an activating group) is 1. The van der Waals surface area contributed by atoms with Crippen molar-refractivity contribution < 1.29 is 9.59 Å². The third-order valence-corrected chi connectivity index (χ3v) is 5.81. The summed E-state index contributed by atoms with van der Waals surface area (Å²) in [4.78, 5) is 26.7. The van der Waals surface area contributed by atoms with E-state index < -0.39 is 5.92 Å². The Bertz CT molecular complexity index is 854. The Balaban J connectivity index is 1.57. The summed E-state index contributed by atoms with van der Waals surface area (Å²) in [6, 6.07) is 14.0. The Labute approximate surface area is 176 Å². The molecule has 0 spiro atoms. The average Bonchev–Trinajstić information content (AvgIpc) is 2.64. The van der Waals surface area contributed by atoms with Gasteiger partial charge in [0.25, 0.3) is 0 Å². The number of rotatable bonds is 6. The number of nitrogens with zero attached hydrogens (tertiary/aromatic N) is 1. The molecule has 0 aromatic heterocycles. The molecule has 0 fully saturated rings. The van der Waals surface area contributed by atoms with Gasteiger partial charge in [0.05, 0.1) is 5.92 Å². The molecule has 0 saturated carbocycles. The first-order valence-corrected chi connectivity index (χ1v) is 10.6. The molecule has 2 amide bonds. The van der Waals surface area contributed by atoms with Gasteiger partial charge in [0, 0.05) is 34.6 Å². The van der Waals surface area contributed by atoms with Crippen molar-refractivity contribution in [2.24, 2.45) is 0 Å². The number of benzene rings is 2. The van der Waals surface area contributed by atoms with Gasteiger partial charge in [0.15, 0.2) is 0 Å². The van der Waals surface area contributed by atoms with Crippen molar-refractivity contribution in [3.05, 3.63) is 62.5 Å². The topological polar surface area (TPSA) is 49.4 Å². The van der Waals surface area contributed by atoms with E-state index in [4.69, 9.17) is 0 Å². The third-order valence-electron chi connectivity index (χ3n) is 4.82. The Kier molecular flexibility index (Phi) is 6.71. The molecule has 1 heterocycles. The maximum absolute atomic E-state index is 13.0. The van der Waals surface area contributed by atoms with E-state index in [0.717, 1.165) is 39.5 Å². The number of fused-ring (bicyclic) bond motifs is 1. The second-order valence-corrected chi connectivity index (χ2v) is 8.71. The van der Waals surface area contributed by atoms with Crippen LogP contribution >= 0.6 is 31.9 Å². The molecular formula is C21H22Br2N2O2. The van der Waals surface area contributed by atoms with Crippen molar-refractivity contribution in [3.63, 3.8) is 0 Å². The van der Waals surface area contributed by atoms with Crippen LogP contribution in [-0.2, 0) is 16.0 Å². The molecule has 2 aromatic rings. The molecular weight excluding hydrogens is 472 g/mol. The van der Waals surface area contributed by atoms with Crippen LogP contribution in [0.3, 0.4) is 0 Å². The lowest BCUT2D eigenvalue weighted by Gasteiger charge is -2.28. The number of nitrogens with one attached hydrogen (secondary N) is 1. The van der Waals surface area contributed by atoms with Crippen molar-refractivity contribution in [3.8, 4) is 0 Å². The molecule has 27 heavy (non-hydrogen) atoms. The van der Waals surface area contributed by atoms with Crippen LogP contribution in [0.1, 0.15) is 36.3 Å². The predicted molar refractivity (Wildman–Crippen MR) is 115 cm³/mol. The Hall–Kier alpha value is -1.66. The van der Waals surface area contributed by atoms with Crippen molar-refractivity contribution in [1.29, 1.82) is 0 Å². The Morgan fingerprint density at radius 1 is 1.15 bits per heavy atom. The molecule has 0 aliphatic carbocycles. The van der Waals surface area contributed by atoms with Crippen LogP contribution in [-0.4, -0.2) is 30.3 Å². The normalized spacial score (nSPS) is 15.8. The highest BCUT2D eigenvalue weighted by atomic mass is 79.9. The summed E-state index contributed by atoms with van der Waals surface area (Å²) in [5, 5.41) is 2.85. The number of amides is 2. The van der Waals surface area contributed by atoms with Gasteiger partial charge >= 0.3 is 0 Å². The number of carbonyl (C=O) groups is 2. The molecule has 6 heteroatoms. The maximum Gasteiger partial charge on any atom is 0.230 e. The highest BCUT2D eigenvalue weighted by Gasteiger charge is 2.32. The molecule has 1 atom stereocenters. The van der Waals surface area contributed by atoms with Gasteiger partial charge in [-0.3, -0.25) is 9.59 Å². The van der Waals surface area contributed by atoms with Gasteiger partial charge in [-0.1, -0.05) is 44.0 Å². The third kappa shape index (κ3) is 5.20. The summed E-state index contributed by atoms with van der Waals surface area (Å²) < 4.78 is 2.00. The van der Waals surface area contributed by atoms with Crippen LogP contribution in [0.4, 0.5) is 5.69 Å². The molecule has 1 aliphatic rings. The summed E-state index contributed by atoms with van der Waals surface area (Å²) in [7, 11) is 1.83. The number of carbonyl (C=O) groups excluding carboxylic acids is 2. The van der Waals surface area contributed by atoms with E-state index in [1.807, 2.05) is 37.4 Å². The first-order chi connectivity index (χ1) is 12.9. The number of aryl methyl sites for hydroxylation is 1. The smallest absolute Gasteiger partial charge is 0.230 e. The quantitative estimate of drug-likeness (QED) is 0.568. The van der Waals surface area contributed by atoms with Crippen molar-refractivity contribution in [1.82, 2.24) is 4.90 Å². The molecule has 3 rings (SSSR count). The molecule has 1 aliphatic heterocycles. The summed E-state index contributed by atoms with van der Waals surface area (Å²) in [6.07, 6.45) is 3.13. The minimum absolute atomic E-state index is 0.00616. The predicted octanol–water partition coefficient (Wildman–Crippen LogP) is 5.12. The number of halogens is 2. The summed E-state index contributed by atoms with van der Waals surface area (Å²) in [5.41, 5.74) is 2.91. The zero-order chi connectivity index (χ0) is 19.4. The van der Waals surface area contributed by atoms with Gasteiger partial charge in [0.2, 0.25) is 11.8 Å². The van der Waals surface area contributed by atoms with E-state index in [0.29, 0.717) is 6.54 Å². The first-order valence-electron chi connectivity index (χ1n) is 9.03. The van der Waals surface area contributed by atoms with Crippen molar-refractivity contribution in [2.45, 2.75) is 31.6 Å². The van der Waals surface area contributed by atoms with Crippen LogP contribution < -0.4 is 5.32 Å². The van der Waals surface area contributed by atoms with E-state index in [2.05, 4.69) is 49.3 Å². The fourth-order valence-electron chi connectivity index (χ4n) is 3.40. The van der Waals surface area contributed by atoms with Crippen LogP contribution in [0, 0.1) is 0 Å². The Morgan fingerprint density at radius 2 is 1.93 bits per heavy atom. The number of hydrogen-bond donors (Lipinski definition) is 1. The zero-order valence-corrected chi connectivity index (χ0v) is 18.3. The zero-order valence-electron chi connectivity index (χ0n) is 15.2. The maximum atomic E-state index is 13.0. The molecule has 0 radical (unpaired) electrons. The lowest BCUT2D eigenvalue weighted by molar-refractivity contribution is -0.133. The molecule has 1 N–H and O–H groups in total. The van der Waals surface area contributed by atoms with Gasteiger partial charge in [-0.25, -0.2) is 0 Å². The molecule has 2 aromatic carbocycles. The molecule has 0 saturated heterocycles. The lowest BCUT2D eigenvalue weighted by Crippen LogP contribution is -2.36. The molecule has 4 nitrogen and oxygen atoms in total. The van der Waals surface area contributed by atoms with Crippen LogP contribution in [0.25, 0.3) is 0 Å². The number of unbranched alkanes of at least 4 members (excludes halogenated alkanes) is 1. The van der Waals surface area contributed by atoms with Crippen LogP contribution in [0.2, 0.25) is 0 Å². The van der Waals surface area contributed by atoms with E-state index >= 15 is 0 Å². The highest BCUT2D eigenvalue weighted by Crippen LogP contribution is 2.35. The van der Waals surface area contributed by atoms with Crippen LogP contribution in [0.15, 0.2) is 51.4 Å². The van der Waals surface area contributed by atoms with Gasteiger partial charge in [0.1, 0.15) is 0 Å². The monoisotopic (exact) mass is 492 g/mol. The van der Waals surface area contributed by atoms with E-state index in [-0.39, 0.29) is 18.2 Å². The minimum Gasteiger partial charge on any atom is -0.345 e. The largest absolute Gasteiger partial charge is 0.345 e. The van der Waals surface area contributed by atoms with Gasteiger partial charge in [-0.15, -0.1) is 0 Å². The fourth-order valence-corrected chi connectivity index (χ4v) is 4.22. The number of hydrogen-bond acceptors (Lipinski definition) is 2. The average molecular weight is 494 g/mol. The van der Waals surface area contributed by atoms with Gasteiger partial charge in [-0.2, -0.15) is 0 Å². The standard InChI is InChI=1S/C21H22Br2N2O2/c1-25(10-3-2-5-14-6-4-7-15(22)11-14)21(27)18-13-20(26)24-19-9-8-16(23)12-17(18)19/h4,6-9,11-12,18H,2-3,5,10,13H2,1H3,(H,24,26). The molecule has 142 valence electrons. The minimum atomic E-state index is -0.415. The lowest BCUT2D eigenvalue weighted by atomic mass is 9.89. The number of anilines is 1. The highest BCUT2D eigenvalue weighted by molar-refractivity contribution is 9.10. The van der Waals surface area contributed by atoms with Crippen molar-refractivity contribution in [2.75, 3.05) is 18.9 Å². The van der Waals surface area contributed by atoms with E-state index in [1.165, 1.54) is 5.56 Å². The first kappa shape index (κ1) is 20.1. The summed E-state index contributed by atoms with van der Waals surface area (Å²) in [6.45, 7) is 0.689. The second-order valence-electron chi connectivity index (χ2n) is 6.88. The second kappa shape index (κ2) is 9.02. The van der Waals surface area contributed by atoms with E-state index in [9.17, 15) is 9.59 Å². The van der Waals surface area contributed by atoms with Gasteiger partial charge < -0.3 is 10.2 Å². The Morgan fingerprint density at radius 3 is 2.70 bits per heavy atom. The SMILES string of the molecule is CN(CCCCc1cccc(Br)c1)C(=O)C1CC(=O)Nc2ccc(Br)cc21. The summed E-state index contributed by atoms with van der Waals surface area (Å²) >= 11 is 6.95. The summed E-state index contributed by atoms with van der Waals surface area (Å²) in [5.74, 6) is -0.515. The molecule has 0 bridgehead atoms. The molecule has 1 unspecified atom stereocenters. The fraction of sp³-hybridized carbons (Fsp3) is 0.333.